The first-order chi connectivity index (χ1) is 24.5. The minimum Gasteiger partial charge on any atom is -0.309 e. The lowest BCUT2D eigenvalue weighted by molar-refractivity contribution is 0.868. The molecule has 2 nitrogen and oxygen atoms in total. The maximum absolute atomic E-state index is 2.48. The summed E-state index contributed by atoms with van der Waals surface area (Å²) < 4.78 is 4.87. The summed E-state index contributed by atoms with van der Waals surface area (Å²) in [6, 6.07) is 58.4. The van der Waals surface area contributed by atoms with E-state index in [1.807, 2.05) is 0 Å². The Labute approximate surface area is 293 Å². The Balaban J connectivity index is 1.22. The largest absolute Gasteiger partial charge is 0.309 e. The summed E-state index contributed by atoms with van der Waals surface area (Å²) in [5.41, 5.74) is 14.9. The van der Waals surface area contributed by atoms with Gasteiger partial charge in [-0.15, -0.1) is 0 Å². The van der Waals surface area contributed by atoms with Crippen molar-refractivity contribution in [1.82, 2.24) is 9.13 Å². The molecule has 0 spiro atoms. The molecule has 0 N–H and O–H groups in total. The molecular weight excluding hydrogens is 605 g/mol. The highest BCUT2D eigenvalue weighted by atomic mass is 15.0. The van der Waals surface area contributed by atoms with Gasteiger partial charge >= 0.3 is 0 Å². The van der Waals surface area contributed by atoms with E-state index in [1.165, 1.54) is 88.4 Å². The van der Waals surface area contributed by atoms with Crippen molar-refractivity contribution >= 4 is 43.6 Å². The summed E-state index contributed by atoms with van der Waals surface area (Å²) >= 11 is 0. The maximum atomic E-state index is 2.48. The number of aromatic nitrogens is 2. The fourth-order valence-corrected chi connectivity index (χ4v) is 7.82. The highest BCUT2D eigenvalue weighted by molar-refractivity contribution is 6.11. The number of rotatable bonds is 6. The second kappa shape index (κ2) is 11.9. The first-order valence-corrected chi connectivity index (χ1v) is 17.8. The molecule has 0 saturated carbocycles. The number of para-hydroxylation sites is 3. The van der Waals surface area contributed by atoms with Crippen molar-refractivity contribution in [3.8, 4) is 33.6 Å². The molecule has 50 heavy (non-hydrogen) atoms. The Morgan fingerprint density at radius 2 is 0.940 bits per heavy atom. The van der Waals surface area contributed by atoms with Crippen LogP contribution in [0.1, 0.15) is 50.7 Å². The van der Waals surface area contributed by atoms with Crippen molar-refractivity contribution in [2.45, 2.75) is 39.5 Å². The number of benzene rings is 7. The molecule has 0 saturated heterocycles. The zero-order chi connectivity index (χ0) is 33.9. The fraction of sp³-hybridized carbons (Fsp3) is 0.125. The Morgan fingerprint density at radius 1 is 0.360 bits per heavy atom. The topological polar surface area (TPSA) is 9.86 Å². The van der Waals surface area contributed by atoms with Crippen LogP contribution in [0.5, 0.6) is 0 Å². The van der Waals surface area contributed by atoms with E-state index < -0.39 is 0 Å². The van der Waals surface area contributed by atoms with Crippen LogP contribution in [0.2, 0.25) is 0 Å². The van der Waals surface area contributed by atoms with Crippen LogP contribution in [0, 0.1) is 0 Å². The fourth-order valence-electron chi connectivity index (χ4n) is 7.82. The summed E-state index contributed by atoms with van der Waals surface area (Å²) in [5, 5.41) is 5.17. The van der Waals surface area contributed by atoms with Crippen LogP contribution in [0.15, 0.2) is 158 Å². The van der Waals surface area contributed by atoms with E-state index in [1.54, 1.807) is 0 Å². The molecule has 0 aliphatic heterocycles. The van der Waals surface area contributed by atoms with Gasteiger partial charge in [0.1, 0.15) is 0 Å². The minimum absolute atomic E-state index is 0.467. The molecule has 0 fully saturated rings. The van der Waals surface area contributed by atoms with Crippen molar-refractivity contribution in [1.29, 1.82) is 0 Å². The molecule has 0 unspecified atom stereocenters. The molecule has 2 heteroatoms. The third kappa shape index (κ3) is 4.86. The highest BCUT2D eigenvalue weighted by Gasteiger charge is 2.18. The first-order valence-electron chi connectivity index (χ1n) is 17.8. The summed E-state index contributed by atoms with van der Waals surface area (Å²) in [6.07, 6.45) is 0. The molecule has 0 aliphatic carbocycles. The number of nitrogens with zero attached hydrogens (tertiary/aromatic N) is 2. The van der Waals surface area contributed by atoms with Gasteiger partial charge in [0.2, 0.25) is 0 Å². The number of hydrogen-bond acceptors (Lipinski definition) is 0. The van der Waals surface area contributed by atoms with Crippen LogP contribution < -0.4 is 0 Å². The smallest absolute Gasteiger partial charge is 0.0547 e. The van der Waals surface area contributed by atoms with Crippen molar-refractivity contribution < 1.29 is 0 Å². The van der Waals surface area contributed by atoms with E-state index in [2.05, 4.69) is 195 Å². The van der Waals surface area contributed by atoms with Crippen molar-refractivity contribution in [2.24, 2.45) is 0 Å². The summed E-state index contributed by atoms with van der Waals surface area (Å²) in [7, 11) is 0. The lowest BCUT2D eigenvalue weighted by Crippen LogP contribution is -1.98. The molecule has 0 bridgehead atoms. The molecule has 7 aromatic carbocycles. The van der Waals surface area contributed by atoms with Crippen LogP contribution in [-0.2, 0) is 0 Å². The van der Waals surface area contributed by atoms with Crippen LogP contribution >= 0.6 is 0 Å². The van der Waals surface area contributed by atoms with Crippen LogP contribution in [0.25, 0.3) is 77.2 Å². The summed E-state index contributed by atoms with van der Waals surface area (Å²) in [6.45, 7) is 9.12. The van der Waals surface area contributed by atoms with Gasteiger partial charge < -0.3 is 9.13 Å². The van der Waals surface area contributed by atoms with Gasteiger partial charge in [0.05, 0.1) is 27.8 Å². The highest BCUT2D eigenvalue weighted by Crippen LogP contribution is 2.40. The predicted octanol–water partition coefficient (Wildman–Crippen LogP) is 13.5. The zero-order valence-corrected chi connectivity index (χ0v) is 29.1. The van der Waals surface area contributed by atoms with E-state index in [9.17, 15) is 0 Å². The van der Waals surface area contributed by atoms with E-state index in [4.69, 9.17) is 0 Å². The Hall–Kier alpha value is -5.86. The summed E-state index contributed by atoms with van der Waals surface area (Å²) in [5.74, 6) is 0.934. The standard InChI is InChI=1S/C48H40N2/c1-31(2)33-22-25-46-42(28-33)43-29-34(32(3)4)23-26-47(43)50(46)44-19-10-8-17-39(44)37-14-12-13-35(27-37)36-21-24-41-40-18-9-11-20-45(40)49(48(41)30-36)38-15-6-5-7-16-38/h5-32H,1-4H3. The van der Waals surface area contributed by atoms with E-state index in [0.717, 1.165) is 0 Å². The van der Waals surface area contributed by atoms with Gasteiger partial charge in [-0.1, -0.05) is 125 Å². The SMILES string of the molecule is CC(C)c1ccc2c(c1)c1cc(C(C)C)ccc1n2-c1ccccc1-c1cccc(-c2ccc3c4ccccc4n(-c4ccccc4)c3c2)c1. The average Bonchev–Trinajstić information content (AvgIpc) is 3.67. The minimum atomic E-state index is 0.467. The van der Waals surface area contributed by atoms with Gasteiger partial charge in [0.25, 0.3) is 0 Å². The molecule has 0 atom stereocenters. The van der Waals surface area contributed by atoms with Gasteiger partial charge in [-0.25, -0.2) is 0 Å². The monoisotopic (exact) mass is 644 g/mol. The molecular formula is C48H40N2. The van der Waals surface area contributed by atoms with E-state index >= 15 is 0 Å². The third-order valence-corrected chi connectivity index (χ3v) is 10.5. The lowest BCUT2D eigenvalue weighted by atomic mass is 9.97. The average molecular weight is 645 g/mol. The van der Waals surface area contributed by atoms with Gasteiger partial charge in [0, 0.05) is 32.8 Å². The Bertz CT molecular complexity index is 2640. The molecule has 2 heterocycles. The van der Waals surface area contributed by atoms with Gasteiger partial charge in [-0.2, -0.15) is 0 Å². The van der Waals surface area contributed by atoms with E-state index in [-0.39, 0.29) is 0 Å². The van der Waals surface area contributed by atoms with Crippen LogP contribution in [0.3, 0.4) is 0 Å². The van der Waals surface area contributed by atoms with E-state index in [0.29, 0.717) is 11.8 Å². The van der Waals surface area contributed by atoms with Crippen molar-refractivity contribution in [2.75, 3.05) is 0 Å². The molecule has 0 radical (unpaired) electrons. The third-order valence-electron chi connectivity index (χ3n) is 10.5. The molecule has 242 valence electrons. The second-order valence-electron chi connectivity index (χ2n) is 14.2. The quantitative estimate of drug-likeness (QED) is 0.170. The molecule has 0 amide bonds. The Kier molecular flexibility index (Phi) is 7.21. The molecule has 9 aromatic rings. The molecule has 0 aliphatic rings. The lowest BCUT2D eigenvalue weighted by Gasteiger charge is -2.15. The van der Waals surface area contributed by atoms with Crippen LogP contribution in [-0.4, -0.2) is 9.13 Å². The summed E-state index contributed by atoms with van der Waals surface area (Å²) in [4.78, 5) is 0. The Morgan fingerprint density at radius 3 is 1.66 bits per heavy atom. The predicted molar refractivity (Wildman–Crippen MR) is 214 cm³/mol. The second-order valence-corrected chi connectivity index (χ2v) is 14.2. The van der Waals surface area contributed by atoms with Gasteiger partial charge in [-0.05, 0) is 100 Å². The zero-order valence-electron chi connectivity index (χ0n) is 29.1. The van der Waals surface area contributed by atoms with Gasteiger partial charge in [-0.3, -0.25) is 0 Å². The van der Waals surface area contributed by atoms with Crippen molar-refractivity contribution in [3.63, 3.8) is 0 Å². The first kappa shape index (κ1) is 30.2. The normalized spacial score (nSPS) is 12.0. The van der Waals surface area contributed by atoms with Gasteiger partial charge in [0.15, 0.2) is 0 Å². The van der Waals surface area contributed by atoms with Crippen LogP contribution in [0.4, 0.5) is 0 Å². The maximum Gasteiger partial charge on any atom is 0.0547 e. The number of fused-ring (bicyclic) bond motifs is 6. The molecule has 9 rings (SSSR count). The number of hydrogen-bond donors (Lipinski definition) is 0. The van der Waals surface area contributed by atoms with Crippen molar-refractivity contribution in [3.05, 3.63) is 169 Å². The molecule has 2 aromatic heterocycles.